The van der Waals surface area contributed by atoms with E-state index in [-0.39, 0.29) is 0 Å². The molecule has 0 atom stereocenters. The molecule has 0 aliphatic heterocycles. The van der Waals surface area contributed by atoms with E-state index < -0.39 is 0 Å². The van der Waals surface area contributed by atoms with Crippen molar-refractivity contribution in [2.24, 2.45) is 4.99 Å². The third kappa shape index (κ3) is 2.68. The third-order valence-electron chi connectivity index (χ3n) is 2.25. The van der Waals surface area contributed by atoms with E-state index in [0.29, 0.717) is 0 Å². The molecule has 0 spiro atoms. The number of aliphatic imine (C=N–C) groups is 1. The molecular weight excluding hydrogens is 228 g/mol. The first kappa shape index (κ1) is 11.7. The minimum absolute atomic E-state index is 1.01. The molecule has 17 heavy (non-hydrogen) atoms. The highest BCUT2D eigenvalue weighted by Crippen LogP contribution is 2.27. The van der Waals surface area contributed by atoms with E-state index in [9.17, 15) is 0 Å². The van der Waals surface area contributed by atoms with E-state index in [4.69, 9.17) is 0 Å². The maximum Gasteiger partial charge on any atom is 0.126 e. The van der Waals surface area contributed by atoms with Crippen LogP contribution in [-0.2, 0) is 0 Å². The summed E-state index contributed by atoms with van der Waals surface area (Å²) in [5, 5.41) is 1.01. The van der Waals surface area contributed by atoms with Gasteiger partial charge in [-0.3, -0.25) is 4.99 Å². The number of thiazole rings is 1. The van der Waals surface area contributed by atoms with Crippen molar-refractivity contribution in [3.8, 4) is 0 Å². The van der Waals surface area contributed by atoms with Gasteiger partial charge in [-0.25, -0.2) is 4.98 Å². The van der Waals surface area contributed by atoms with E-state index in [1.807, 2.05) is 50.4 Å². The summed E-state index contributed by atoms with van der Waals surface area (Å²) in [6.45, 7) is 3.90. The number of benzene rings is 1. The van der Waals surface area contributed by atoms with Crippen LogP contribution in [0.2, 0.25) is 0 Å². The Morgan fingerprint density at radius 3 is 2.82 bits per heavy atom. The van der Waals surface area contributed by atoms with Gasteiger partial charge in [-0.2, -0.15) is 0 Å². The number of para-hydroxylation sites is 1. The zero-order valence-electron chi connectivity index (χ0n) is 9.92. The zero-order chi connectivity index (χ0) is 12.1. The first-order chi connectivity index (χ1) is 8.35. The van der Waals surface area contributed by atoms with Crippen LogP contribution >= 0.6 is 11.3 Å². The molecule has 0 amide bonds. The Labute approximate surface area is 105 Å². The second-order valence-electron chi connectivity index (χ2n) is 3.48. The molecule has 86 valence electrons. The molecule has 3 heteroatoms. The maximum absolute atomic E-state index is 4.61. The molecule has 1 aromatic carbocycles. The highest BCUT2D eigenvalue weighted by molar-refractivity contribution is 7.19. The van der Waals surface area contributed by atoms with Gasteiger partial charge in [0.05, 0.1) is 10.2 Å². The highest BCUT2D eigenvalue weighted by Gasteiger charge is 2.05. The Kier molecular flexibility index (Phi) is 3.83. The van der Waals surface area contributed by atoms with Crippen molar-refractivity contribution in [3.63, 3.8) is 0 Å². The van der Waals surface area contributed by atoms with Crippen molar-refractivity contribution in [2.75, 3.05) is 0 Å². The molecule has 2 nitrogen and oxygen atoms in total. The molecule has 0 N–H and O–H groups in total. The maximum atomic E-state index is 4.61. The molecule has 0 aliphatic carbocycles. The Bertz CT molecular complexity index is 558. The lowest BCUT2D eigenvalue weighted by Crippen LogP contribution is -1.78. The van der Waals surface area contributed by atoms with Gasteiger partial charge in [-0.05, 0) is 26.0 Å². The van der Waals surface area contributed by atoms with E-state index in [2.05, 4.69) is 16.0 Å². The van der Waals surface area contributed by atoms with Crippen LogP contribution in [0.3, 0.4) is 0 Å². The Morgan fingerprint density at radius 1 is 1.29 bits per heavy atom. The van der Waals surface area contributed by atoms with Gasteiger partial charge in [0, 0.05) is 18.0 Å². The lowest BCUT2D eigenvalue weighted by atomic mass is 10.3. The van der Waals surface area contributed by atoms with Gasteiger partial charge < -0.3 is 0 Å². The number of nitrogens with zero attached hydrogens (tertiary/aromatic N) is 2. The third-order valence-corrected chi connectivity index (χ3v) is 3.34. The number of allylic oxidation sites excluding steroid dienone is 3. The minimum atomic E-state index is 1.01. The topological polar surface area (TPSA) is 25.2 Å². The smallest absolute Gasteiger partial charge is 0.126 e. The first-order valence-corrected chi connectivity index (χ1v) is 6.33. The fraction of sp³-hybridized carbons (Fsp3) is 0.143. The predicted molar refractivity (Wildman–Crippen MR) is 76.6 cm³/mol. The molecule has 0 fully saturated rings. The molecule has 0 unspecified atom stereocenters. The molecule has 2 rings (SSSR count). The van der Waals surface area contributed by atoms with E-state index in [1.54, 1.807) is 17.6 Å². The van der Waals surface area contributed by atoms with Crippen LogP contribution in [0.25, 0.3) is 15.8 Å². The fourth-order valence-corrected chi connectivity index (χ4v) is 2.46. The fourth-order valence-electron chi connectivity index (χ4n) is 1.50. The van der Waals surface area contributed by atoms with E-state index >= 15 is 0 Å². The predicted octanol–water partition coefficient (Wildman–Crippen LogP) is 4.30. The van der Waals surface area contributed by atoms with E-state index in [0.717, 1.165) is 16.1 Å². The summed E-state index contributed by atoms with van der Waals surface area (Å²) in [6, 6.07) is 8.17. The lowest BCUT2D eigenvalue weighted by molar-refractivity contribution is 1.42. The van der Waals surface area contributed by atoms with Gasteiger partial charge in [0.25, 0.3) is 0 Å². The number of hydrogen-bond acceptors (Lipinski definition) is 3. The van der Waals surface area contributed by atoms with Crippen LogP contribution in [0, 0.1) is 0 Å². The summed E-state index contributed by atoms with van der Waals surface area (Å²) in [5.74, 6) is 0. The normalized spacial score (nSPS) is 13.2. The molecule has 0 bridgehead atoms. The SMILES string of the molecule is C\C=C/C(=C\N=C/C)c1nc2ccccc2s1. The minimum Gasteiger partial charge on any atom is -0.269 e. The second kappa shape index (κ2) is 5.55. The summed E-state index contributed by atoms with van der Waals surface area (Å²) in [5.41, 5.74) is 2.09. The van der Waals surface area contributed by atoms with Crippen LogP contribution in [0.15, 0.2) is 47.6 Å². The Balaban J connectivity index is 2.49. The van der Waals surface area contributed by atoms with Crippen molar-refractivity contribution in [2.45, 2.75) is 13.8 Å². The molecule has 1 aromatic heterocycles. The Hall–Kier alpha value is -1.74. The summed E-state index contributed by atoms with van der Waals surface area (Å²) >= 11 is 1.69. The van der Waals surface area contributed by atoms with Crippen LogP contribution < -0.4 is 0 Å². The average Bonchev–Trinajstić information content (AvgIpc) is 2.78. The number of fused-ring (bicyclic) bond motifs is 1. The summed E-state index contributed by atoms with van der Waals surface area (Å²) in [6.07, 6.45) is 7.66. The lowest BCUT2D eigenvalue weighted by Gasteiger charge is -1.93. The van der Waals surface area contributed by atoms with Gasteiger partial charge in [0.15, 0.2) is 0 Å². The number of rotatable bonds is 3. The number of hydrogen-bond donors (Lipinski definition) is 0. The standard InChI is InChI=1S/C14H14N2S/c1-3-7-11(10-15-4-2)14-16-12-8-5-6-9-13(12)17-14/h3-10H,1-2H3/b7-3-,11-10+,15-4-. The van der Waals surface area contributed by atoms with Gasteiger partial charge in [0.2, 0.25) is 0 Å². The van der Waals surface area contributed by atoms with Crippen molar-refractivity contribution < 1.29 is 0 Å². The number of aromatic nitrogens is 1. The molecule has 0 saturated carbocycles. The van der Waals surface area contributed by atoms with Crippen molar-refractivity contribution in [1.29, 1.82) is 0 Å². The van der Waals surface area contributed by atoms with Crippen LogP contribution in [0.5, 0.6) is 0 Å². The molecular formula is C14H14N2S. The van der Waals surface area contributed by atoms with Crippen LogP contribution in [0.1, 0.15) is 18.9 Å². The monoisotopic (exact) mass is 242 g/mol. The summed E-state index contributed by atoms with van der Waals surface area (Å²) < 4.78 is 1.21. The average molecular weight is 242 g/mol. The van der Waals surface area contributed by atoms with Gasteiger partial charge in [-0.1, -0.05) is 24.3 Å². The summed E-state index contributed by atoms with van der Waals surface area (Å²) in [7, 11) is 0. The van der Waals surface area contributed by atoms with Crippen LogP contribution in [-0.4, -0.2) is 11.2 Å². The second-order valence-corrected chi connectivity index (χ2v) is 4.51. The molecule has 1 heterocycles. The molecule has 2 aromatic rings. The molecule has 0 aliphatic rings. The quantitative estimate of drug-likeness (QED) is 0.581. The van der Waals surface area contributed by atoms with Gasteiger partial charge in [-0.15, -0.1) is 11.3 Å². The summed E-state index contributed by atoms with van der Waals surface area (Å²) in [4.78, 5) is 8.78. The van der Waals surface area contributed by atoms with Gasteiger partial charge in [0.1, 0.15) is 5.01 Å². The van der Waals surface area contributed by atoms with Crippen molar-refractivity contribution in [3.05, 3.63) is 47.6 Å². The van der Waals surface area contributed by atoms with Crippen molar-refractivity contribution in [1.82, 2.24) is 4.98 Å². The van der Waals surface area contributed by atoms with Crippen molar-refractivity contribution >= 4 is 33.3 Å². The highest BCUT2D eigenvalue weighted by atomic mass is 32.1. The Morgan fingerprint density at radius 2 is 2.12 bits per heavy atom. The molecule has 0 radical (unpaired) electrons. The zero-order valence-corrected chi connectivity index (χ0v) is 10.7. The van der Waals surface area contributed by atoms with Gasteiger partial charge >= 0.3 is 0 Å². The van der Waals surface area contributed by atoms with E-state index in [1.165, 1.54) is 4.70 Å². The molecule has 0 saturated heterocycles. The first-order valence-electron chi connectivity index (χ1n) is 5.51. The largest absolute Gasteiger partial charge is 0.269 e. The van der Waals surface area contributed by atoms with Crippen LogP contribution in [0.4, 0.5) is 0 Å².